The molecule has 0 saturated heterocycles. The van der Waals surface area contributed by atoms with Gasteiger partial charge in [-0.1, -0.05) is 29.8 Å². The fourth-order valence-corrected chi connectivity index (χ4v) is 2.16. The number of hydrogen-bond acceptors (Lipinski definition) is 3. The molecule has 0 aliphatic rings. The number of rotatable bonds is 7. The van der Waals surface area contributed by atoms with Crippen LogP contribution in [0.15, 0.2) is 22.7 Å². The standard InChI is InChI=1S/C13H19BrN2O2/c1-10(2)4-3-7-15-9-11-5-6-12(16(17)18)8-13(11)14/h5-6,8,10,15H,3-4,7,9H2,1-2H3. The van der Waals surface area contributed by atoms with Crippen LogP contribution in [0.25, 0.3) is 0 Å². The molecule has 4 nitrogen and oxygen atoms in total. The number of benzene rings is 1. The molecule has 0 unspecified atom stereocenters. The lowest BCUT2D eigenvalue weighted by molar-refractivity contribution is -0.384. The van der Waals surface area contributed by atoms with Crippen molar-refractivity contribution in [1.29, 1.82) is 0 Å². The van der Waals surface area contributed by atoms with Gasteiger partial charge in [-0.2, -0.15) is 0 Å². The van der Waals surface area contributed by atoms with Crippen LogP contribution in [-0.2, 0) is 6.54 Å². The molecule has 0 spiro atoms. The summed E-state index contributed by atoms with van der Waals surface area (Å²) in [5.74, 6) is 0.734. The van der Waals surface area contributed by atoms with E-state index in [-0.39, 0.29) is 10.6 Å². The van der Waals surface area contributed by atoms with Gasteiger partial charge in [0.15, 0.2) is 0 Å². The second-order valence-electron chi connectivity index (χ2n) is 4.75. The van der Waals surface area contributed by atoms with Crippen LogP contribution < -0.4 is 5.32 Å². The molecular weight excluding hydrogens is 296 g/mol. The summed E-state index contributed by atoms with van der Waals surface area (Å²) in [6.07, 6.45) is 2.37. The van der Waals surface area contributed by atoms with E-state index in [1.165, 1.54) is 12.5 Å². The monoisotopic (exact) mass is 314 g/mol. The van der Waals surface area contributed by atoms with Crippen LogP contribution in [0.2, 0.25) is 0 Å². The maximum Gasteiger partial charge on any atom is 0.270 e. The van der Waals surface area contributed by atoms with Crippen LogP contribution in [-0.4, -0.2) is 11.5 Å². The van der Waals surface area contributed by atoms with E-state index in [9.17, 15) is 10.1 Å². The van der Waals surface area contributed by atoms with Crippen molar-refractivity contribution in [2.45, 2.75) is 33.2 Å². The molecule has 1 N–H and O–H groups in total. The molecule has 1 rings (SSSR count). The second kappa shape index (κ2) is 7.48. The third-order valence-electron chi connectivity index (χ3n) is 2.70. The molecule has 0 aromatic heterocycles. The summed E-state index contributed by atoms with van der Waals surface area (Å²) in [5.41, 5.74) is 1.16. The molecule has 0 radical (unpaired) electrons. The summed E-state index contributed by atoms with van der Waals surface area (Å²) in [6, 6.07) is 4.87. The molecule has 100 valence electrons. The van der Waals surface area contributed by atoms with Gasteiger partial charge in [-0.25, -0.2) is 0 Å². The van der Waals surface area contributed by atoms with E-state index in [1.54, 1.807) is 12.1 Å². The smallest absolute Gasteiger partial charge is 0.270 e. The van der Waals surface area contributed by atoms with Gasteiger partial charge in [0.25, 0.3) is 5.69 Å². The Balaban J connectivity index is 2.41. The van der Waals surface area contributed by atoms with Crippen LogP contribution in [0.3, 0.4) is 0 Å². The van der Waals surface area contributed by atoms with E-state index >= 15 is 0 Å². The van der Waals surface area contributed by atoms with Gasteiger partial charge >= 0.3 is 0 Å². The lowest BCUT2D eigenvalue weighted by atomic mass is 10.1. The largest absolute Gasteiger partial charge is 0.313 e. The minimum Gasteiger partial charge on any atom is -0.313 e. The molecule has 0 aliphatic carbocycles. The van der Waals surface area contributed by atoms with E-state index < -0.39 is 0 Å². The van der Waals surface area contributed by atoms with Crippen molar-refractivity contribution in [1.82, 2.24) is 5.32 Å². The lowest BCUT2D eigenvalue weighted by Gasteiger charge is -2.08. The highest BCUT2D eigenvalue weighted by Crippen LogP contribution is 2.22. The van der Waals surface area contributed by atoms with Crippen molar-refractivity contribution >= 4 is 21.6 Å². The van der Waals surface area contributed by atoms with Crippen molar-refractivity contribution in [3.8, 4) is 0 Å². The van der Waals surface area contributed by atoms with Crippen LogP contribution in [0.1, 0.15) is 32.3 Å². The number of nitrogens with zero attached hydrogens (tertiary/aromatic N) is 1. The van der Waals surface area contributed by atoms with Gasteiger partial charge in [-0.05, 0) is 36.9 Å². The molecule has 1 aromatic rings. The highest BCUT2D eigenvalue weighted by Gasteiger charge is 2.08. The van der Waals surface area contributed by atoms with E-state index in [1.807, 2.05) is 0 Å². The Morgan fingerprint density at radius 1 is 1.44 bits per heavy atom. The van der Waals surface area contributed by atoms with E-state index in [0.717, 1.165) is 35.5 Å². The molecule has 0 bridgehead atoms. The average molecular weight is 315 g/mol. The SMILES string of the molecule is CC(C)CCCNCc1ccc([N+](=O)[O-])cc1Br. The number of nitrogens with one attached hydrogen (secondary N) is 1. The lowest BCUT2D eigenvalue weighted by Crippen LogP contribution is -2.15. The molecule has 5 heteroatoms. The molecule has 0 heterocycles. The van der Waals surface area contributed by atoms with Crippen LogP contribution >= 0.6 is 15.9 Å². The predicted octanol–water partition coefficient (Wildman–Crippen LogP) is 3.88. The Labute approximate surface area is 116 Å². The van der Waals surface area contributed by atoms with Crippen molar-refractivity contribution < 1.29 is 4.92 Å². The van der Waals surface area contributed by atoms with Gasteiger partial charge in [0.2, 0.25) is 0 Å². The predicted molar refractivity (Wildman–Crippen MR) is 76.6 cm³/mol. The number of hydrogen-bond donors (Lipinski definition) is 1. The molecule has 0 aliphatic heterocycles. The Hall–Kier alpha value is -0.940. The Morgan fingerprint density at radius 2 is 2.17 bits per heavy atom. The molecule has 18 heavy (non-hydrogen) atoms. The maximum absolute atomic E-state index is 10.6. The first-order valence-electron chi connectivity index (χ1n) is 6.14. The third-order valence-corrected chi connectivity index (χ3v) is 3.44. The zero-order chi connectivity index (χ0) is 13.5. The third kappa shape index (κ3) is 5.14. The Morgan fingerprint density at radius 3 is 2.72 bits per heavy atom. The fourth-order valence-electron chi connectivity index (χ4n) is 1.65. The van der Waals surface area contributed by atoms with E-state index in [0.29, 0.717) is 0 Å². The number of halogens is 1. The summed E-state index contributed by atoms with van der Waals surface area (Å²) >= 11 is 3.36. The topological polar surface area (TPSA) is 55.2 Å². The molecule has 0 fully saturated rings. The van der Waals surface area contributed by atoms with Crippen LogP contribution in [0.5, 0.6) is 0 Å². The number of non-ortho nitro benzene ring substituents is 1. The quantitative estimate of drug-likeness (QED) is 0.472. The highest BCUT2D eigenvalue weighted by molar-refractivity contribution is 9.10. The van der Waals surface area contributed by atoms with Crippen LogP contribution in [0.4, 0.5) is 5.69 Å². The summed E-state index contributed by atoms with van der Waals surface area (Å²) in [5, 5.41) is 13.9. The van der Waals surface area contributed by atoms with Crippen molar-refractivity contribution in [3.05, 3.63) is 38.3 Å². The molecular formula is C13H19BrN2O2. The second-order valence-corrected chi connectivity index (χ2v) is 5.60. The zero-order valence-corrected chi connectivity index (χ0v) is 12.4. The summed E-state index contributed by atoms with van der Waals surface area (Å²) < 4.78 is 0.785. The van der Waals surface area contributed by atoms with Gasteiger partial charge in [-0.3, -0.25) is 10.1 Å². The van der Waals surface area contributed by atoms with Gasteiger partial charge in [-0.15, -0.1) is 0 Å². The van der Waals surface area contributed by atoms with Crippen molar-refractivity contribution in [2.24, 2.45) is 5.92 Å². The minimum atomic E-state index is -0.384. The fraction of sp³-hybridized carbons (Fsp3) is 0.538. The normalized spacial score (nSPS) is 10.9. The van der Waals surface area contributed by atoms with Crippen molar-refractivity contribution in [3.63, 3.8) is 0 Å². The summed E-state index contributed by atoms with van der Waals surface area (Å²) in [6.45, 7) is 6.14. The first kappa shape index (κ1) is 15.1. The van der Waals surface area contributed by atoms with Gasteiger partial charge in [0, 0.05) is 23.2 Å². The zero-order valence-electron chi connectivity index (χ0n) is 10.8. The molecule has 1 aromatic carbocycles. The average Bonchev–Trinajstić information content (AvgIpc) is 2.29. The minimum absolute atomic E-state index is 0.116. The summed E-state index contributed by atoms with van der Waals surface area (Å²) in [7, 11) is 0. The van der Waals surface area contributed by atoms with Crippen LogP contribution in [0, 0.1) is 16.0 Å². The number of nitro benzene ring substituents is 1. The Bertz CT molecular complexity index is 408. The maximum atomic E-state index is 10.6. The Kier molecular flexibility index (Phi) is 6.29. The first-order chi connectivity index (χ1) is 8.50. The molecule has 0 atom stereocenters. The molecule has 0 amide bonds. The first-order valence-corrected chi connectivity index (χ1v) is 6.93. The summed E-state index contributed by atoms with van der Waals surface area (Å²) in [4.78, 5) is 10.2. The van der Waals surface area contributed by atoms with Crippen molar-refractivity contribution in [2.75, 3.05) is 6.54 Å². The van der Waals surface area contributed by atoms with E-state index in [2.05, 4.69) is 35.1 Å². The van der Waals surface area contributed by atoms with Gasteiger partial charge in [0.05, 0.1) is 4.92 Å². The van der Waals surface area contributed by atoms with Gasteiger partial charge < -0.3 is 5.32 Å². The van der Waals surface area contributed by atoms with E-state index in [4.69, 9.17) is 0 Å². The number of nitro groups is 1. The molecule has 0 saturated carbocycles. The highest BCUT2D eigenvalue weighted by atomic mass is 79.9. The van der Waals surface area contributed by atoms with Gasteiger partial charge in [0.1, 0.15) is 0 Å².